The summed E-state index contributed by atoms with van der Waals surface area (Å²) < 4.78 is 39.6. The van der Waals surface area contributed by atoms with Crippen LogP contribution in [0.5, 0.6) is 0 Å². The Bertz CT molecular complexity index is 644. The lowest BCUT2D eigenvalue weighted by Crippen LogP contribution is -2.12. The zero-order valence-corrected chi connectivity index (χ0v) is 11.4. The number of alkyl halides is 3. The molecule has 20 heavy (non-hydrogen) atoms. The molecule has 0 amide bonds. The molecule has 7 heteroatoms. The third-order valence-electron chi connectivity index (χ3n) is 2.67. The summed E-state index contributed by atoms with van der Waals surface area (Å²) in [6.45, 7) is -0.747. The van der Waals surface area contributed by atoms with E-state index in [4.69, 9.17) is 28.3 Å². The molecule has 0 fully saturated rings. The lowest BCUT2D eigenvalue weighted by Gasteiger charge is -2.16. The Hall–Kier alpha value is -1.30. The molecule has 0 unspecified atom stereocenters. The van der Waals surface area contributed by atoms with Gasteiger partial charge in [-0.3, -0.25) is 4.98 Å². The SMILES string of the molecule is OCc1ccnc(-c2cc(Cl)ccc2Cl)c1C(F)(F)F. The van der Waals surface area contributed by atoms with Crippen molar-refractivity contribution in [2.24, 2.45) is 0 Å². The number of aliphatic hydroxyl groups is 1. The smallest absolute Gasteiger partial charge is 0.392 e. The maximum Gasteiger partial charge on any atom is 0.418 e. The van der Waals surface area contributed by atoms with E-state index in [2.05, 4.69) is 4.98 Å². The Morgan fingerprint density at radius 2 is 1.85 bits per heavy atom. The highest BCUT2D eigenvalue weighted by atomic mass is 35.5. The number of benzene rings is 1. The molecular formula is C13H8Cl2F3NO. The number of hydrogen-bond donors (Lipinski definition) is 1. The third kappa shape index (κ3) is 2.90. The quantitative estimate of drug-likeness (QED) is 0.879. The molecule has 2 rings (SSSR count). The highest BCUT2D eigenvalue weighted by Gasteiger charge is 2.37. The fourth-order valence-electron chi connectivity index (χ4n) is 1.83. The number of rotatable bonds is 2. The standard InChI is InChI=1S/C13H8Cl2F3NO/c14-8-1-2-10(15)9(5-8)12-11(13(16,17)18)7(6-20)3-4-19-12/h1-5,20H,6H2. The van der Waals surface area contributed by atoms with Gasteiger partial charge < -0.3 is 5.11 Å². The largest absolute Gasteiger partial charge is 0.418 e. The van der Waals surface area contributed by atoms with Gasteiger partial charge in [0.1, 0.15) is 0 Å². The topological polar surface area (TPSA) is 33.1 Å². The summed E-state index contributed by atoms with van der Waals surface area (Å²) in [7, 11) is 0. The highest BCUT2D eigenvalue weighted by Crippen LogP contribution is 2.40. The van der Waals surface area contributed by atoms with Gasteiger partial charge in [-0.15, -0.1) is 0 Å². The van der Waals surface area contributed by atoms with E-state index in [-0.39, 0.29) is 26.9 Å². The first kappa shape index (κ1) is 15.1. The number of aliphatic hydroxyl groups excluding tert-OH is 1. The zero-order valence-electron chi connectivity index (χ0n) is 9.88. The first-order valence-electron chi connectivity index (χ1n) is 5.46. The fourth-order valence-corrected chi connectivity index (χ4v) is 2.21. The van der Waals surface area contributed by atoms with Crippen LogP contribution in [0.15, 0.2) is 30.5 Å². The number of nitrogens with zero attached hydrogens (tertiary/aromatic N) is 1. The average Bonchev–Trinajstić information content (AvgIpc) is 2.39. The van der Waals surface area contributed by atoms with E-state index >= 15 is 0 Å². The van der Waals surface area contributed by atoms with Gasteiger partial charge in [-0.1, -0.05) is 23.2 Å². The summed E-state index contributed by atoms with van der Waals surface area (Å²) in [5, 5.41) is 9.43. The van der Waals surface area contributed by atoms with Crippen LogP contribution in [0, 0.1) is 0 Å². The van der Waals surface area contributed by atoms with Crippen molar-refractivity contribution < 1.29 is 18.3 Å². The molecular weight excluding hydrogens is 314 g/mol. The van der Waals surface area contributed by atoms with Crippen LogP contribution in [0.2, 0.25) is 10.0 Å². The number of halogens is 5. The van der Waals surface area contributed by atoms with E-state index in [1.54, 1.807) is 0 Å². The van der Waals surface area contributed by atoms with Gasteiger partial charge in [-0.25, -0.2) is 0 Å². The summed E-state index contributed by atoms with van der Waals surface area (Å²) in [5.74, 6) is 0. The minimum Gasteiger partial charge on any atom is -0.392 e. The van der Waals surface area contributed by atoms with Crippen LogP contribution in [-0.4, -0.2) is 10.1 Å². The van der Waals surface area contributed by atoms with Crippen LogP contribution in [0.3, 0.4) is 0 Å². The molecule has 0 aliphatic heterocycles. The van der Waals surface area contributed by atoms with Crippen LogP contribution in [0.25, 0.3) is 11.3 Å². The van der Waals surface area contributed by atoms with Crippen molar-refractivity contribution >= 4 is 23.2 Å². The molecule has 106 valence electrons. The maximum absolute atomic E-state index is 13.2. The third-order valence-corrected chi connectivity index (χ3v) is 3.24. The molecule has 2 nitrogen and oxygen atoms in total. The summed E-state index contributed by atoms with van der Waals surface area (Å²) >= 11 is 11.7. The zero-order chi connectivity index (χ0) is 14.9. The minimum atomic E-state index is -4.66. The monoisotopic (exact) mass is 321 g/mol. The summed E-state index contributed by atoms with van der Waals surface area (Å²) in [6.07, 6.45) is -3.47. The molecule has 1 heterocycles. The molecule has 1 aromatic heterocycles. The van der Waals surface area contributed by atoms with E-state index in [0.717, 1.165) is 6.07 Å². The van der Waals surface area contributed by atoms with Crippen molar-refractivity contribution in [1.82, 2.24) is 4.98 Å². The van der Waals surface area contributed by atoms with E-state index < -0.39 is 18.3 Å². The number of pyridine rings is 1. The van der Waals surface area contributed by atoms with E-state index in [0.29, 0.717) is 0 Å². The Labute approximate surface area is 122 Å². The molecule has 1 N–H and O–H groups in total. The Kier molecular flexibility index (Phi) is 4.22. The van der Waals surface area contributed by atoms with Gasteiger partial charge in [-0.05, 0) is 29.8 Å². The minimum absolute atomic E-state index is 0.0711. The van der Waals surface area contributed by atoms with Gasteiger partial charge in [-0.2, -0.15) is 13.2 Å². The molecule has 0 aliphatic rings. The van der Waals surface area contributed by atoms with Gasteiger partial charge >= 0.3 is 6.18 Å². The van der Waals surface area contributed by atoms with Gasteiger partial charge in [0, 0.05) is 16.8 Å². The van der Waals surface area contributed by atoms with Crippen molar-refractivity contribution in [3.63, 3.8) is 0 Å². The van der Waals surface area contributed by atoms with Gasteiger partial charge in [0.05, 0.1) is 22.9 Å². The molecule has 0 spiro atoms. The lowest BCUT2D eigenvalue weighted by atomic mass is 10.0. The van der Waals surface area contributed by atoms with E-state index in [1.165, 1.54) is 24.4 Å². The van der Waals surface area contributed by atoms with Crippen molar-refractivity contribution in [3.8, 4) is 11.3 Å². The van der Waals surface area contributed by atoms with Crippen molar-refractivity contribution in [2.75, 3.05) is 0 Å². The maximum atomic E-state index is 13.2. The first-order chi connectivity index (χ1) is 9.34. The predicted molar refractivity (Wildman–Crippen MR) is 70.6 cm³/mol. The van der Waals surface area contributed by atoms with E-state index in [9.17, 15) is 13.2 Å². The van der Waals surface area contributed by atoms with Gasteiger partial charge in [0.15, 0.2) is 0 Å². The van der Waals surface area contributed by atoms with Crippen LogP contribution in [-0.2, 0) is 12.8 Å². The second kappa shape index (κ2) is 5.60. The first-order valence-corrected chi connectivity index (χ1v) is 6.21. The van der Waals surface area contributed by atoms with Crippen LogP contribution >= 0.6 is 23.2 Å². The average molecular weight is 322 g/mol. The number of hydrogen-bond acceptors (Lipinski definition) is 2. The molecule has 0 radical (unpaired) electrons. The Morgan fingerprint density at radius 3 is 2.45 bits per heavy atom. The van der Waals surface area contributed by atoms with Crippen molar-refractivity contribution in [2.45, 2.75) is 12.8 Å². The molecule has 0 saturated heterocycles. The molecule has 0 bridgehead atoms. The highest BCUT2D eigenvalue weighted by molar-refractivity contribution is 6.35. The molecule has 0 saturated carbocycles. The molecule has 1 aromatic carbocycles. The Morgan fingerprint density at radius 1 is 1.15 bits per heavy atom. The van der Waals surface area contributed by atoms with Crippen molar-refractivity contribution in [1.29, 1.82) is 0 Å². The molecule has 0 atom stereocenters. The molecule has 0 aliphatic carbocycles. The van der Waals surface area contributed by atoms with Gasteiger partial charge in [0.2, 0.25) is 0 Å². The molecule has 2 aromatic rings. The van der Waals surface area contributed by atoms with Crippen LogP contribution < -0.4 is 0 Å². The lowest BCUT2D eigenvalue weighted by molar-refractivity contribution is -0.138. The fraction of sp³-hybridized carbons (Fsp3) is 0.154. The predicted octanol–water partition coefficient (Wildman–Crippen LogP) is 4.57. The Balaban J connectivity index is 2.77. The van der Waals surface area contributed by atoms with Crippen molar-refractivity contribution in [3.05, 3.63) is 51.6 Å². The summed E-state index contributed by atoms with van der Waals surface area (Å²) in [4.78, 5) is 3.75. The van der Waals surface area contributed by atoms with E-state index in [1.807, 2.05) is 0 Å². The van der Waals surface area contributed by atoms with Crippen LogP contribution in [0.4, 0.5) is 13.2 Å². The van der Waals surface area contributed by atoms with Gasteiger partial charge in [0.25, 0.3) is 0 Å². The normalized spacial score (nSPS) is 11.7. The van der Waals surface area contributed by atoms with Crippen LogP contribution in [0.1, 0.15) is 11.1 Å². The summed E-state index contributed by atoms with van der Waals surface area (Å²) in [6, 6.07) is 5.29. The second-order valence-electron chi connectivity index (χ2n) is 3.97. The summed E-state index contributed by atoms with van der Waals surface area (Å²) in [5.41, 5.74) is -1.55. The number of aromatic nitrogens is 1. The second-order valence-corrected chi connectivity index (χ2v) is 4.82.